The van der Waals surface area contributed by atoms with Crippen molar-refractivity contribution >= 4 is 5.91 Å². The maximum absolute atomic E-state index is 11.6. The fourth-order valence-electron chi connectivity index (χ4n) is 1.10. The van der Waals surface area contributed by atoms with Gasteiger partial charge in [0, 0.05) is 12.6 Å². The van der Waals surface area contributed by atoms with Gasteiger partial charge in [0.2, 0.25) is 5.91 Å². The largest absolute Gasteiger partial charge is 0.395 e. The number of ether oxygens (including phenoxy) is 1. The zero-order valence-corrected chi connectivity index (χ0v) is 9.49. The maximum atomic E-state index is 11.6. The van der Waals surface area contributed by atoms with Crippen molar-refractivity contribution in [3.63, 3.8) is 0 Å². The Hall–Kier alpha value is -0.610. The summed E-state index contributed by atoms with van der Waals surface area (Å²) in [5.74, 6) is -0.0669. The maximum Gasteiger partial charge on any atom is 0.248 e. The number of hydrogen-bond donors (Lipinski definition) is 1. The summed E-state index contributed by atoms with van der Waals surface area (Å²) in [5, 5.41) is 8.78. The van der Waals surface area contributed by atoms with Crippen molar-refractivity contribution in [2.75, 3.05) is 19.8 Å². The van der Waals surface area contributed by atoms with Gasteiger partial charge in [-0.2, -0.15) is 0 Å². The van der Waals surface area contributed by atoms with Crippen molar-refractivity contribution in [1.82, 2.24) is 4.90 Å². The van der Waals surface area contributed by atoms with Gasteiger partial charge in [-0.3, -0.25) is 4.79 Å². The molecule has 0 spiro atoms. The zero-order chi connectivity index (χ0) is 11.1. The summed E-state index contributed by atoms with van der Waals surface area (Å²) in [6, 6.07) is 0.102. The Labute approximate surface area is 85.9 Å². The first-order chi connectivity index (χ1) is 6.49. The number of nitrogens with zero attached hydrogens (tertiary/aromatic N) is 1. The molecule has 0 aliphatic carbocycles. The van der Waals surface area contributed by atoms with Crippen LogP contribution in [0.1, 0.15) is 27.7 Å². The van der Waals surface area contributed by atoms with Gasteiger partial charge in [0.15, 0.2) is 0 Å². The van der Waals surface area contributed by atoms with E-state index in [-0.39, 0.29) is 31.3 Å². The van der Waals surface area contributed by atoms with Crippen LogP contribution in [0.3, 0.4) is 0 Å². The number of rotatable bonds is 6. The van der Waals surface area contributed by atoms with Crippen molar-refractivity contribution in [3.05, 3.63) is 0 Å². The first-order valence-electron chi connectivity index (χ1n) is 5.01. The molecular weight excluding hydrogens is 182 g/mol. The van der Waals surface area contributed by atoms with E-state index in [4.69, 9.17) is 9.84 Å². The highest BCUT2D eigenvalue weighted by Crippen LogP contribution is 2.00. The molecule has 0 bridgehead atoms. The number of carbonyl (C=O) groups is 1. The van der Waals surface area contributed by atoms with Gasteiger partial charge in [-0.15, -0.1) is 0 Å². The van der Waals surface area contributed by atoms with Crippen LogP contribution in [-0.2, 0) is 9.53 Å². The minimum absolute atomic E-state index is 0.00833. The second kappa shape index (κ2) is 6.79. The third kappa shape index (κ3) is 5.19. The minimum Gasteiger partial charge on any atom is -0.395 e. The van der Waals surface area contributed by atoms with Gasteiger partial charge in [0.25, 0.3) is 0 Å². The molecule has 0 saturated heterocycles. The van der Waals surface area contributed by atoms with Crippen molar-refractivity contribution in [2.45, 2.75) is 39.8 Å². The number of aliphatic hydroxyl groups is 1. The van der Waals surface area contributed by atoms with Crippen molar-refractivity contribution in [2.24, 2.45) is 0 Å². The fourth-order valence-corrected chi connectivity index (χ4v) is 1.10. The van der Waals surface area contributed by atoms with Crippen molar-refractivity contribution < 1.29 is 14.6 Å². The summed E-state index contributed by atoms with van der Waals surface area (Å²) in [6.07, 6.45) is 0.0575. The smallest absolute Gasteiger partial charge is 0.248 e. The molecule has 0 rings (SSSR count). The van der Waals surface area contributed by atoms with Crippen LogP contribution >= 0.6 is 0 Å². The summed E-state index contributed by atoms with van der Waals surface area (Å²) in [5.41, 5.74) is 0. The molecule has 84 valence electrons. The lowest BCUT2D eigenvalue weighted by Crippen LogP contribution is -2.41. The Morgan fingerprint density at radius 1 is 1.36 bits per heavy atom. The topological polar surface area (TPSA) is 49.8 Å². The second-order valence-electron chi connectivity index (χ2n) is 3.76. The summed E-state index contributed by atoms with van der Waals surface area (Å²) in [7, 11) is 0. The summed E-state index contributed by atoms with van der Waals surface area (Å²) in [6.45, 7) is 8.07. The second-order valence-corrected chi connectivity index (χ2v) is 3.76. The molecule has 4 nitrogen and oxygen atoms in total. The van der Waals surface area contributed by atoms with Gasteiger partial charge in [-0.1, -0.05) is 0 Å². The molecule has 0 radical (unpaired) electrons. The van der Waals surface area contributed by atoms with Gasteiger partial charge < -0.3 is 14.7 Å². The predicted molar refractivity (Wildman–Crippen MR) is 55.0 cm³/mol. The quantitative estimate of drug-likeness (QED) is 0.689. The van der Waals surface area contributed by atoms with Gasteiger partial charge in [-0.05, 0) is 27.7 Å². The first kappa shape index (κ1) is 13.4. The number of carbonyl (C=O) groups excluding carboxylic acids is 1. The lowest BCUT2D eigenvalue weighted by molar-refractivity contribution is -0.139. The fraction of sp³-hybridized carbons (Fsp3) is 0.900. The number of amides is 1. The number of hydrogen-bond acceptors (Lipinski definition) is 3. The van der Waals surface area contributed by atoms with Crippen LogP contribution in [0.15, 0.2) is 0 Å². The molecule has 0 aliphatic rings. The van der Waals surface area contributed by atoms with Gasteiger partial charge in [-0.25, -0.2) is 0 Å². The Morgan fingerprint density at radius 2 is 1.93 bits per heavy atom. The molecule has 0 aromatic rings. The molecule has 0 atom stereocenters. The Morgan fingerprint density at radius 3 is 2.29 bits per heavy atom. The van der Waals surface area contributed by atoms with Crippen LogP contribution in [0.4, 0.5) is 0 Å². The predicted octanol–water partition coefficient (Wildman–Crippen LogP) is 0.641. The van der Waals surface area contributed by atoms with Crippen LogP contribution in [-0.4, -0.2) is 47.8 Å². The SMILES string of the molecule is CC(C)OCC(=O)N(CCO)C(C)C. The van der Waals surface area contributed by atoms with Crippen LogP contribution in [0, 0.1) is 0 Å². The third-order valence-corrected chi connectivity index (χ3v) is 1.82. The first-order valence-corrected chi connectivity index (χ1v) is 5.01. The van der Waals surface area contributed by atoms with Crippen molar-refractivity contribution in [3.8, 4) is 0 Å². The molecule has 1 N–H and O–H groups in total. The van der Waals surface area contributed by atoms with Crippen molar-refractivity contribution in [1.29, 1.82) is 0 Å². The Kier molecular flexibility index (Phi) is 6.49. The van der Waals surface area contributed by atoms with E-state index in [9.17, 15) is 4.79 Å². The van der Waals surface area contributed by atoms with Gasteiger partial charge in [0.1, 0.15) is 6.61 Å². The molecule has 0 fully saturated rings. The molecular formula is C10H21NO3. The van der Waals surface area contributed by atoms with Crippen LogP contribution in [0.25, 0.3) is 0 Å². The van der Waals surface area contributed by atoms with E-state index in [1.807, 2.05) is 27.7 Å². The molecule has 0 heterocycles. The average Bonchev–Trinajstić information content (AvgIpc) is 2.09. The van der Waals surface area contributed by atoms with E-state index < -0.39 is 0 Å². The normalized spacial score (nSPS) is 11.1. The standard InChI is InChI=1S/C10H21NO3/c1-8(2)11(5-6-12)10(13)7-14-9(3)4/h8-9,12H,5-7H2,1-4H3. The van der Waals surface area contributed by atoms with E-state index in [1.165, 1.54) is 0 Å². The van der Waals surface area contributed by atoms with Gasteiger partial charge >= 0.3 is 0 Å². The summed E-state index contributed by atoms with van der Waals surface area (Å²) >= 11 is 0. The summed E-state index contributed by atoms with van der Waals surface area (Å²) in [4.78, 5) is 13.2. The molecule has 1 amide bonds. The van der Waals surface area contributed by atoms with Crippen LogP contribution in [0.2, 0.25) is 0 Å². The van der Waals surface area contributed by atoms with E-state index in [1.54, 1.807) is 4.90 Å². The van der Waals surface area contributed by atoms with Crippen LogP contribution < -0.4 is 0 Å². The Balaban J connectivity index is 4.02. The molecule has 0 unspecified atom stereocenters. The average molecular weight is 203 g/mol. The molecule has 0 aromatic heterocycles. The molecule has 0 saturated carbocycles. The highest BCUT2D eigenvalue weighted by Gasteiger charge is 2.16. The highest BCUT2D eigenvalue weighted by atomic mass is 16.5. The molecule has 0 aromatic carbocycles. The lowest BCUT2D eigenvalue weighted by Gasteiger charge is -2.26. The minimum atomic E-state index is -0.0669. The van der Waals surface area contributed by atoms with E-state index in [0.29, 0.717) is 6.54 Å². The summed E-state index contributed by atoms with van der Waals surface area (Å²) < 4.78 is 5.21. The number of aliphatic hydroxyl groups excluding tert-OH is 1. The van der Waals surface area contributed by atoms with Crippen LogP contribution in [0.5, 0.6) is 0 Å². The van der Waals surface area contributed by atoms with E-state index in [0.717, 1.165) is 0 Å². The van der Waals surface area contributed by atoms with Gasteiger partial charge in [0.05, 0.1) is 12.7 Å². The zero-order valence-electron chi connectivity index (χ0n) is 9.49. The monoisotopic (exact) mass is 203 g/mol. The highest BCUT2D eigenvalue weighted by molar-refractivity contribution is 5.77. The Bertz CT molecular complexity index is 169. The van der Waals surface area contributed by atoms with E-state index >= 15 is 0 Å². The van der Waals surface area contributed by atoms with E-state index in [2.05, 4.69) is 0 Å². The molecule has 14 heavy (non-hydrogen) atoms. The third-order valence-electron chi connectivity index (χ3n) is 1.82. The molecule has 0 aliphatic heterocycles. The molecule has 4 heteroatoms. The lowest BCUT2D eigenvalue weighted by atomic mass is 10.3.